The Morgan fingerprint density at radius 3 is 2.31 bits per heavy atom. The number of aryl methyl sites for hydroxylation is 1. The van der Waals surface area contributed by atoms with E-state index in [0.717, 1.165) is 17.7 Å². The van der Waals surface area contributed by atoms with Crippen molar-refractivity contribution in [2.24, 2.45) is 11.1 Å². The van der Waals surface area contributed by atoms with E-state index in [2.05, 4.69) is 12.2 Å². The zero-order valence-corrected chi connectivity index (χ0v) is 17.1. The molecule has 1 saturated heterocycles. The summed E-state index contributed by atoms with van der Waals surface area (Å²) in [6.07, 6.45) is 1.69. The summed E-state index contributed by atoms with van der Waals surface area (Å²) in [5.74, 6) is -0.571. The molecule has 2 amide bonds. The van der Waals surface area contributed by atoms with Gasteiger partial charge in [0, 0.05) is 25.2 Å². The average Bonchev–Trinajstić information content (AvgIpc) is 3.09. The summed E-state index contributed by atoms with van der Waals surface area (Å²) in [4.78, 5) is 26.5. The van der Waals surface area contributed by atoms with Crippen LogP contribution in [0.2, 0.25) is 0 Å². The summed E-state index contributed by atoms with van der Waals surface area (Å²) in [6.45, 7) is 2.85. The fraction of sp³-hybridized carbons (Fsp3) is 0.333. The molecule has 1 aliphatic heterocycles. The van der Waals surface area contributed by atoms with Crippen LogP contribution in [0.1, 0.15) is 24.5 Å². The molecule has 0 spiro atoms. The summed E-state index contributed by atoms with van der Waals surface area (Å²) < 4.78 is 22.5. The minimum atomic E-state index is -3.71. The maximum absolute atomic E-state index is 12.5. The van der Waals surface area contributed by atoms with Gasteiger partial charge in [-0.05, 0) is 48.2 Å². The summed E-state index contributed by atoms with van der Waals surface area (Å²) in [5.41, 5.74) is 2.90. The van der Waals surface area contributed by atoms with E-state index in [1.54, 1.807) is 17.0 Å². The zero-order chi connectivity index (χ0) is 21.0. The zero-order valence-electron chi connectivity index (χ0n) is 16.3. The molecule has 7 nitrogen and oxygen atoms in total. The smallest absolute Gasteiger partial charge is 0.238 e. The number of rotatable bonds is 7. The van der Waals surface area contributed by atoms with Crippen molar-refractivity contribution in [1.82, 2.24) is 5.32 Å². The molecule has 0 bridgehead atoms. The Morgan fingerprint density at radius 2 is 1.72 bits per heavy atom. The lowest BCUT2D eigenvalue weighted by Gasteiger charge is -2.17. The number of benzene rings is 2. The molecule has 0 aromatic heterocycles. The van der Waals surface area contributed by atoms with E-state index < -0.39 is 10.0 Å². The predicted molar refractivity (Wildman–Crippen MR) is 111 cm³/mol. The monoisotopic (exact) mass is 415 g/mol. The standard InChI is InChI=1S/C21H25N3O4S/c1-2-15-3-7-18(8-4-15)24-14-17(13-20(24)25)21(26)23-12-11-16-5-9-19(10-6-16)29(22,27)28/h3-10,17H,2,11-14H2,1H3,(H,23,26)(H2,22,27,28). The van der Waals surface area contributed by atoms with Crippen molar-refractivity contribution in [3.63, 3.8) is 0 Å². The van der Waals surface area contributed by atoms with E-state index >= 15 is 0 Å². The van der Waals surface area contributed by atoms with E-state index in [1.807, 2.05) is 24.3 Å². The van der Waals surface area contributed by atoms with Crippen LogP contribution in [-0.4, -0.2) is 33.3 Å². The van der Waals surface area contributed by atoms with Crippen LogP contribution in [0.4, 0.5) is 5.69 Å². The summed E-state index contributed by atoms with van der Waals surface area (Å²) >= 11 is 0. The first kappa shape index (κ1) is 21.0. The van der Waals surface area contributed by atoms with Gasteiger partial charge in [0.05, 0.1) is 10.8 Å². The molecule has 3 N–H and O–H groups in total. The second-order valence-electron chi connectivity index (χ2n) is 7.16. The van der Waals surface area contributed by atoms with Crippen LogP contribution < -0.4 is 15.4 Å². The van der Waals surface area contributed by atoms with Crippen molar-refractivity contribution < 1.29 is 18.0 Å². The summed E-state index contributed by atoms with van der Waals surface area (Å²) in [6, 6.07) is 14.1. The van der Waals surface area contributed by atoms with Crippen LogP contribution in [0.25, 0.3) is 0 Å². The number of hydrogen-bond acceptors (Lipinski definition) is 4. The third-order valence-electron chi connectivity index (χ3n) is 5.12. The molecule has 2 aromatic rings. The lowest BCUT2D eigenvalue weighted by Crippen LogP contribution is -2.34. The number of nitrogens with two attached hydrogens (primary N) is 1. The Balaban J connectivity index is 1.51. The van der Waals surface area contributed by atoms with Gasteiger partial charge in [-0.3, -0.25) is 9.59 Å². The van der Waals surface area contributed by atoms with Gasteiger partial charge in [-0.2, -0.15) is 0 Å². The summed E-state index contributed by atoms with van der Waals surface area (Å²) in [7, 11) is -3.71. The first-order valence-electron chi connectivity index (χ1n) is 9.56. The Labute approximate surface area is 171 Å². The molecule has 0 saturated carbocycles. The first-order valence-corrected chi connectivity index (χ1v) is 11.1. The van der Waals surface area contributed by atoms with Crippen molar-refractivity contribution >= 4 is 27.5 Å². The second-order valence-corrected chi connectivity index (χ2v) is 8.72. The van der Waals surface area contributed by atoms with Crippen molar-refractivity contribution in [3.05, 3.63) is 59.7 Å². The highest BCUT2D eigenvalue weighted by molar-refractivity contribution is 7.89. The topological polar surface area (TPSA) is 110 Å². The fourth-order valence-electron chi connectivity index (χ4n) is 3.36. The van der Waals surface area contributed by atoms with Gasteiger partial charge in [-0.25, -0.2) is 13.6 Å². The number of nitrogens with one attached hydrogen (secondary N) is 1. The van der Waals surface area contributed by atoms with Gasteiger partial charge in [0.15, 0.2) is 0 Å². The van der Waals surface area contributed by atoms with Gasteiger partial charge in [0.1, 0.15) is 0 Å². The molecule has 0 radical (unpaired) electrons. The number of nitrogens with zero attached hydrogens (tertiary/aromatic N) is 1. The molecule has 1 atom stereocenters. The van der Waals surface area contributed by atoms with Crippen LogP contribution in [-0.2, 0) is 32.5 Å². The van der Waals surface area contributed by atoms with E-state index in [9.17, 15) is 18.0 Å². The van der Waals surface area contributed by atoms with Crippen LogP contribution in [0, 0.1) is 5.92 Å². The largest absolute Gasteiger partial charge is 0.355 e. The summed E-state index contributed by atoms with van der Waals surface area (Å²) in [5, 5.41) is 7.95. The Hall–Kier alpha value is -2.71. The number of anilines is 1. The number of hydrogen-bond donors (Lipinski definition) is 2. The average molecular weight is 416 g/mol. The SMILES string of the molecule is CCc1ccc(N2CC(C(=O)NCCc3ccc(S(N)(=O)=O)cc3)CC2=O)cc1. The molecule has 0 aliphatic carbocycles. The lowest BCUT2D eigenvalue weighted by molar-refractivity contribution is -0.126. The van der Waals surface area contributed by atoms with E-state index in [0.29, 0.717) is 19.5 Å². The predicted octanol–water partition coefficient (Wildman–Crippen LogP) is 1.61. The van der Waals surface area contributed by atoms with Gasteiger partial charge in [-0.1, -0.05) is 31.2 Å². The highest BCUT2D eigenvalue weighted by atomic mass is 32.2. The van der Waals surface area contributed by atoms with Crippen molar-refractivity contribution in [2.75, 3.05) is 18.0 Å². The number of primary sulfonamides is 1. The van der Waals surface area contributed by atoms with Gasteiger partial charge in [0.25, 0.3) is 0 Å². The first-order chi connectivity index (χ1) is 13.8. The molecule has 3 rings (SSSR count). The number of amides is 2. The quantitative estimate of drug-likeness (QED) is 0.716. The van der Waals surface area contributed by atoms with Gasteiger partial charge in [-0.15, -0.1) is 0 Å². The number of carbonyl (C=O) groups excluding carboxylic acids is 2. The Bertz CT molecular complexity index is 986. The minimum Gasteiger partial charge on any atom is -0.355 e. The van der Waals surface area contributed by atoms with Crippen LogP contribution in [0.3, 0.4) is 0 Å². The van der Waals surface area contributed by atoms with Gasteiger partial charge < -0.3 is 10.2 Å². The molecule has 8 heteroatoms. The lowest BCUT2D eigenvalue weighted by atomic mass is 10.1. The normalized spacial score (nSPS) is 16.8. The van der Waals surface area contributed by atoms with Crippen LogP contribution in [0.5, 0.6) is 0 Å². The molecule has 1 aliphatic rings. The number of carbonyl (C=O) groups is 2. The molecule has 1 unspecified atom stereocenters. The fourth-order valence-corrected chi connectivity index (χ4v) is 3.88. The van der Waals surface area contributed by atoms with Crippen molar-refractivity contribution in [1.29, 1.82) is 0 Å². The van der Waals surface area contributed by atoms with Crippen molar-refractivity contribution in [2.45, 2.75) is 31.1 Å². The number of sulfonamides is 1. The Morgan fingerprint density at radius 1 is 1.10 bits per heavy atom. The van der Waals surface area contributed by atoms with Crippen LogP contribution >= 0.6 is 0 Å². The molecule has 154 valence electrons. The molecule has 1 fully saturated rings. The maximum atomic E-state index is 12.5. The molecule has 2 aromatic carbocycles. The highest BCUT2D eigenvalue weighted by Gasteiger charge is 2.34. The third kappa shape index (κ3) is 5.21. The molecule has 1 heterocycles. The van der Waals surface area contributed by atoms with E-state index in [1.165, 1.54) is 17.7 Å². The second kappa shape index (κ2) is 8.75. The van der Waals surface area contributed by atoms with E-state index in [-0.39, 0.29) is 29.0 Å². The van der Waals surface area contributed by atoms with Gasteiger partial charge in [0.2, 0.25) is 21.8 Å². The van der Waals surface area contributed by atoms with E-state index in [4.69, 9.17) is 5.14 Å². The van der Waals surface area contributed by atoms with Crippen molar-refractivity contribution in [3.8, 4) is 0 Å². The maximum Gasteiger partial charge on any atom is 0.238 e. The van der Waals surface area contributed by atoms with Gasteiger partial charge >= 0.3 is 0 Å². The third-order valence-corrected chi connectivity index (χ3v) is 6.05. The Kier molecular flexibility index (Phi) is 6.34. The molecule has 29 heavy (non-hydrogen) atoms. The molecular formula is C21H25N3O4S. The highest BCUT2D eigenvalue weighted by Crippen LogP contribution is 2.25. The minimum absolute atomic E-state index is 0.0482. The molecular weight excluding hydrogens is 390 g/mol. The van der Waals surface area contributed by atoms with Crippen LogP contribution in [0.15, 0.2) is 53.4 Å².